The second kappa shape index (κ2) is 6.24. The SMILES string of the molecule is NC(=O)c1cc(NC(=O)[C@]23CCC(=O)N2c2cc(Cl)ccc2S3)ccc1F. The van der Waals surface area contributed by atoms with Gasteiger partial charge in [0.15, 0.2) is 4.87 Å². The van der Waals surface area contributed by atoms with E-state index in [2.05, 4.69) is 5.32 Å². The number of rotatable bonds is 3. The van der Waals surface area contributed by atoms with Crippen molar-refractivity contribution in [2.45, 2.75) is 22.6 Å². The molecular formula is C18H13ClFN3O3S. The molecular weight excluding hydrogens is 393 g/mol. The minimum absolute atomic E-state index is 0.171. The van der Waals surface area contributed by atoms with Crippen molar-refractivity contribution in [2.24, 2.45) is 5.73 Å². The topological polar surface area (TPSA) is 92.5 Å². The Morgan fingerprint density at radius 1 is 1.26 bits per heavy atom. The van der Waals surface area contributed by atoms with Crippen molar-refractivity contribution in [2.75, 3.05) is 10.2 Å². The highest BCUT2D eigenvalue weighted by molar-refractivity contribution is 8.02. The number of carbonyl (C=O) groups is 3. The molecule has 0 unspecified atom stereocenters. The first-order valence-electron chi connectivity index (χ1n) is 8.04. The Morgan fingerprint density at radius 3 is 2.78 bits per heavy atom. The number of amides is 3. The van der Waals surface area contributed by atoms with Crippen LogP contribution >= 0.6 is 23.4 Å². The number of benzene rings is 2. The molecule has 138 valence electrons. The van der Waals surface area contributed by atoms with Crippen LogP contribution in [0.2, 0.25) is 5.02 Å². The maximum absolute atomic E-state index is 13.7. The quantitative estimate of drug-likeness (QED) is 0.820. The number of primary amides is 1. The smallest absolute Gasteiger partial charge is 0.261 e. The van der Waals surface area contributed by atoms with Crippen molar-refractivity contribution in [3.63, 3.8) is 0 Å². The Balaban J connectivity index is 1.69. The number of anilines is 2. The molecule has 2 aliphatic heterocycles. The average Bonchev–Trinajstić information content (AvgIpc) is 3.12. The Morgan fingerprint density at radius 2 is 2.04 bits per heavy atom. The van der Waals surface area contributed by atoms with E-state index in [0.717, 1.165) is 11.0 Å². The van der Waals surface area contributed by atoms with Gasteiger partial charge in [-0.1, -0.05) is 23.4 Å². The lowest BCUT2D eigenvalue weighted by atomic mass is 10.1. The monoisotopic (exact) mass is 405 g/mol. The second-order valence-corrected chi connectivity index (χ2v) is 8.00. The predicted octanol–water partition coefficient (Wildman–Crippen LogP) is 3.15. The van der Waals surface area contributed by atoms with Crippen LogP contribution in [-0.4, -0.2) is 22.6 Å². The summed E-state index contributed by atoms with van der Waals surface area (Å²) in [5.74, 6) is -2.31. The van der Waals surface area contributed by atoms with Gasteiger partial charge in [0.25, 0.3) is 11.8 Å². The van der Waals surface area contributed by atoms with Crippen LogP contribution < -0.4 is 16.0 Å². The summed E-state index contributed by atoms with van der Waals surface area (Å²) in [6, 6.07) is 8.70. The summed E-state index contributed by atoms with van der Waals surface area (Å²) in [5, 5.41) is 3.14. The van der Waals surface area contributed by atoms with Gasteiger partial charge in [-0.3, -0.25) is 19.3 Å². The van der Waals surface area contributed by atoms with Gasteiger partial charge >= 0.3 is 0 Å². The number of hydrogen-bond donors (Lipinski definition) is 2. The van der Waals surface area contributed by atoms with E-state index < -0.39 is 22.5 Å². The summed E-state index contributed by atoms with van der Waals surface area (Å²) >= 11 is 7.33. The molecule has 1 saturated heterocycles. The molecule has 1 fully saturated rings. The van der Waals surface area contributed by atoms with Crippen LogP contribution in [0.3, 0.4) is 0 Å². The lowest BCUT2D eigenvalue weighted by Crippen LogP contribution is -2.49. The fourth-order valence-corrected chi connectivity index (χ4v) is 4.90. The molecule has 0 aliphatic carbocycles. The van der Waals surface area contributed by atoms with Gasteiger partial charge in [0.05, 0.1) is 11.3 Å². The summed E-state index contributed by atoms with van der Waals surface area (Å²) < 4.78 is 13.7. The average molecular weight is 406 g/mol. The number of hydrogen-bond acceptors (Lipinski definition) is 4. The Bertz CT molecular complexity index is 1020. The highest BCUT2D eigenvalue weighted by Gasteiger charge is 2.57. The van der Waals surface area contributed by atoms with Crippen molar-refractivity contribution < 1.29 is 18.8 Å². The zero-order valence-electron chi connectivity index (χ0n) is 13.8. The molecule has 4 rings (SSSR count). The van der Waals surface area contributed by atoms with Gasteiger partial charge in [0, 0.05) is 22.0 Å². The van der Waals surface area contributed by atoms with Crippen LogP contribution in [0, 0.1) is 5.82 Å². The Hall–Kier alpha value is -2.58. The molecule has 2 aromatic carbocycles. The maximum atomic E-state index is 13.7. The molecule has 1 atom stereocenters. The third-order valence-corrected chi connectivity index (χ3v) is 6.28. The van der Waals surface area contributed by atoms with Crippen LogP contribution in [0.15, 0.2) is 41.3 Å². The number of halogens is 2. The van der Waals surface area contributed by atoms with E-state index in [-0.39, 0.29) is 23.6 Å². The minimum Gasteiger partial charge on any atom is -0.366 e. The lowest BCUT2D eigenvalue weighted by Gasteiger charge is -2.29. The van der Waals surface area contributed by atoms with E-state index in [9.17, 15) is 18.8 Å². The highest BCUT2D eigenvalue weighted by atomic mass is 35.5. The fraction of sp³-hybridized carbons (Fsp3) is 0.167. The summed E-state index contributed by atoms with van der Waals surface area (Å²) in [6.07, 6.45) is 0.542. The van der Waals surface area contributed by atoms with Crippen LogP contribution in [0.1, 0.15) is 23.2 Å². The molecule has 0 radical (unpaired) electrons. The van der Waals surface area contributed by atoms with Gasteiger partial charge in [0.2, 0.25) is 5.91 Å². The van der Waals surface area contributed by atoms with E-state index >= 15 is 0 Å². The van der Waals surface area contributed by atoms with Gasteiger partial charge < -0.3 is 11.1 Å². The van der Waals surface area contributed by atoms with E-state index in [1.807, 2.05) is 0 Å². The zero-order valence-corrected chi connectivity index (χ0v) is 15.4. The van der Waals surface area contributed by atoms with E-state index in [1.165, 1.54) is 28.8 Å². The van der Waals surface area contributed by atoms with Crippen molar-refractivity contribution in [3.05, 3.63) is 52.8 Å². The van der Waals surface area contributed by atoms with Crippen molar-refractivity contribution in [1.29, 1.82) is 0 Å². The van der Waals surface area contributed by atoms with Crippen LogP contribution in [-0.2, 0) is 9.59 Å². The first kappa shape index (κ1) is 17.8. The van der Waals surface area contributed by atoms with Gasteiger partial charge in [0.1, 0.15) is 5.82 Å². The normalized spacial score (nSPS) is 20.4. The van der Waals surface area contributed by atoms with Gasteiger partial charge in [-0.2, -0.15) is 0 Å². The summed E-state index contributed by atoms with van der Waals surface area (Å²) in [5.41, 5.74) is 5.65. The summed E-state index contributed by atoms with van der Waals surface area (Å²) in [6.45, 7) is 0. The molecule has 2 aromatic rings. The van der Waals surface area contributed by atoms with Gasteiger partial charge in [-0.05, 0) is 42.8 Å². The van der Waals surface area contributed by atoms with Crippen LogP contribution in [0.5, 0.6) is 0 Å². The third kappa shape index (κ3) is 2.76. The molecule has 3 N–H and O–H groups in total. The number of nitrogens with two attached hydrogens (primary N) is 1. The highest BCUT2D eigenvalue weighted by Crippen LogP contribution is 2.56. The molecule has 2 aliphatic rings. The van der Waals surface area contributed by atoms with Crippen molar-refractivity contribution in [3.8, 4) is 0 Å². The predicted molar refractivity (Wildman–Crippen MR) is 100 cm³/mol. The van der Waals surface area contributed by atoms with E-state index in [4.69, 9.17) is 17.3 Å². The van der Waals surface area contributed by atoms with E-state index in [0.29, 0.717) is 17.1 Å². The summed E-state index contributed by atoms with van der Waals surface area (Å²) in [7, 11) is 0. The molecule has 2 heterocycles. The van der Waals surface area contributed by atoms with Crippen LogP contribution in [0.25, 0.3) is 0 Å². The molecule has 27 heavy (non-hydrogen) atoms. The first-order valence-corrected chi connectivity index (χ1v) is 9.24. The maximum Gasteiger partial charge on any atom is 0.261 e. The molecule has 0 spiro atoms. The number of fused-ring (bicyclic) bond motifs is 3. The minimum atomic E-state index is -1.15. The number of nitrogens with one attached hydrogen (secondary N) is 1. The van der Waals surface area contributed by atoms with Crippen molar-refractivity contribution >= 4 is 52.5 Å². The number of nitrogens with zero attached hydrogens (tertiary/aromatic N) is 1. The largest absolute Gasteiger partial charge is 0.366 e. The van der Waals surface area contributed by atoms with Gasteiger partial charge in [-0.25, -0.2) is 4.39 Å². The third-order valence-electron chi connectivity index (χ3n) is 4.57. The second-order valence-electron chi connectivity index (χ2n) is 6.24. The lowest BCUT2D eigenvalue weighted by molar-refractivity contribution is -0.121. The first-order chi connectivity index (χ1) is 12.8. The molecule has 0 saturated carbocycles. The fourth-order valence-electron chi connectivity index (χ4n) is 3.34. The summed E-state index contributed by atoms with van der Waals surface area (Å²) in [4.78, 5) is 38.0. The standard InChI is InChI=1S/C18H13ClFN3O3S/c19-9-1-4-14-13(7-9)23-15(24)5-6-18(23,27-14)17(26)22-10-2-3-12(20)11(8-10)16(21)25/h1-4,7-8H,5-6H2,(H2,21,25)(H,22,26)/t18-/m1/s1. The van der Waals surface area contributed by atoms with Crippen LogP contribution in [0.4, 0.5) is 15.8 Å². The zero-order chi connectivity index (χ0) is 19.3. The molecule has 3 amide bonds. The van der Waals surface area contributed by atoms with E-state index in [1.54, 1.807) is 18.2 Å². The Labute approximate surface area is 162 Å². The van der Waals surface area contributed by atoms with Crippen molar-refractivity contribution in [1.82, 2.24) is 0 Å². The number of carbonyl (C=O) groups excluding carboxylic acids is 3. The molecule has 6 nitrogen and oxygen atoms in total. The van der Waals surface area contributed by atoms with Gasteiger partial charge in [-0.15, -0.1) is 0 Å². The molecule has 0 aromatic heterocycles. The number of thioether (sulfide) groups is 1. The molecule has 0 bridgehead atoms. The Kier molecular flexibility index (Phi) is 4.12. The molecule has 9 heteroatoms.